The molecule has 2 rings (SSSR count). The first-order valence-electron chi connectivity index (χ1n) is 6.28. The van der Waals surface area contributed by atoms with Gasteiger partial charge in [0.25, 0.3) is 0 Å². The zero-order valence-corrected chi connectivity index (χ0v) is 12.7. The van der Waals surface area contributed by atoms with Gasteiger partial charge < -0.3 is 5.32 Å². The maximum Gasteiger partial charge on any atom is 0.137 e. The van der Waals surface area contributed by atoms with E-state index in [4.69, 9.17) is 0 Å². The molecule has 0 aliphatic heterocycles. The summed E-state index contributed by atoms with van der Waals surface area (Å²) in [6.45, 7) is 2.07. The summed E-state index contributed by atoms with van der Waals surface area (Å²) >= 11 is 3.32. The lowest BCUT2D eigenvalue weighted by molar-refractivity contribution is 0.580. The number of rotatable bonds is 4. The van der Waals surface area contributed by atoms with E-state index >= 15 is 0 Å². The molecule has 0 radical (unpaired) electrons. The van der Waals surface area contributed by atoms with Gasteiger partial charge in [0.05, 0.1) is 4.47 Å². The minimum absolute atomic E-state index is 0.179. The number of hydrogen-bond acceptors (Lipinski definition) is 1. The van der Waals surface area contributed by atoms with Crippen molar-refractivity contribution in [3.63, 3.8) is 0 Å². The third-order valence-corrected chi connectivity index (χ3v) is 4.17. The molecule has 1 nitrogen and oxygen atoms in total. The molecule has 1 unspecified atom stereocenters. The van der Waals surface area contributed by atoms with Crippen LogP contribution in [0.3, 0.4) is 0 Å². The molecular weight excluding hydrogens is 305 g/mol. The molecule has 0 aliphatic carbocycles. The number of hydrogen-bond donors (Lipinski definition) is 1. The van der Waals surface area contributed by atoms with Gasteiger partial charge in [-0.3, -0.25) is 0 Å². The van der Waals surface area contributed by atoms with Crippen LogP contribution < -0.4 is 5.32 Å². The molecule has 1 N–H and O–H groups in total. The highest BCUT2D eigenvalue weighted by atomic mass is 79.9. The minimum atomic E-state index is -0.212. The van der Waals surface area contributed by atoms with E-state index in [2.05, 4.69) is 52.4 Å². The largest absolute Gasteiger partial charge is 0.313 e. The van der Waals surface area contributed by atoms with E-state index in [0.29, 0.717) is 4.47 Å². The van der Waals surface area contributed by atoms with Crippen LogP contribution in [-0.4, -0.2) is 7.05 Å². The van der Waals surface area contributed by atoms with Gasteiger partial charge in [-0.1, -0.05) is 42.0 Å². The molecule has 3 heteroatoms. The van der Waals surface area contributed by atoms with Crippen molar-refractivity contribution in [2.24, 2.45) is 0 Å². The van der Waals surface area contributed by atoms with Gasteiger partial charge in [0.2, 0.25) is 0 Å². The monoisotopic (exact) mass is 321 g/mol. The summed E-state index contributed by atoms with van der Waals surface area (Å²) < 4.78 is 14.1. The van der Waals surface area contributed by atoms with Gasteiger partial charge in [-0.15, -0.1) is 0 Å². The van der Waals surface area contributed by atoms with Crippen molar-refractivity contribution in [2.75, 3.05) is 7.05 Å². The highest BCUT2D eigenvalue weighted by Gasteiger charge is 2.13. The van der Waals surface area contributed by atoms with Gasteiger partial charge in [-0.05, 0) is 53.5 Å². The van der Waals surface area contributed by atoms with Crippen LogP contribution in [0.1, 0.15) is 22.7 Å². The molecule has 0 saturated carbocycles. The predicted molar refractivity (Wildman–Crippen MR) is 80.8 cm³/mol. The second kappa shape index (κ2) is 6.31. The van der Waals surface area contributed by atoms with Crippen molar-refractivity contribution in [3.8, 4) is 0 Å². The van der Waals surface area contributed by atoms with E-state index in [9.17, 15) is 4.39 Å². The molecule has 100 valence electrons. The Bertz CT molecular complexity index is 551. The third-order valence-electron chi connectivity index (χ3n) is 3.28. The smallest absolute Gasteiger partial charge is 0.137 e. The van der Waals surface area contributed by atoms with Gasteiger partial charge >= 0.3 is 0 Å². The number of likely N-dealkylation sites (N-methyl/N-ethyl adjacent to an activating group) is 1. The molecule has 0 aliphatic rings. The van der Waals surface area contributed by atoms with Crippen molar-refractivity contribution in [2.45, 2.75) is 19.4 Å². The van der Waals surface area contributed by atoms with Crippen LogP contribution in [0.2, 0.25) is 0 Å². The maximum absolute atomic E-state index is 13.5. The van der Waals surface area contributed by atoms with E-state index < -0.39 is 0 Å². The lowest BCUT2D eigenvalue weighted by atomic mass is 9.98. The first-order valence-corrected chi connectivity index (χ1v) is 7.08. The summed E-state index contributed by atoms with van der Waals surface area (Å²) in [7, 11) is 1.93. The van der Waals surface area contributed by atoms with Crippen LogP contribution in [0.5, 0.6) is 0 Å². The van der Waals surface area contributed by atoms with Crippen LogP contribution >= 0.6 is 15.9 Å². The van der Waals surface area contributed by atoms with Crippen LogP contribution in [0.15, 0.2) is 46.9 Å². The number of aryl methyl sites for hydroxylation is 1. The Kier molecular flexibility index (Phi) is 4.72. The SMILES string of the molecule is CNC(Cc1cccc(F)c1Br)c1ccc(C)cc1. The average molecular weight is 322 g/mol. The molecule has 0 bridgehead atoms. The zero-order chi connectivity index (χ0) is 13.8. The molecule has 0 aromatic heterocycles. The molecule has 1 atom stereocenters. The van der Waals surface area contributed by atoms with Crippen molar-refractivity contribution >= 4 is 15.9 Å². The molecule has 0 amide bonds. The lowest BCUT2D eigenvalue weighted by Crippen LogP contribution is -2.19. The third kappa shape index (κ3) is 3.43. The quantitative estimate of drug-likeness (QED) is 0.880. The van der Waals surface area contributed by atoms with Gasteiger partial charge in [0, 0.05) is 6.04 Å². The standard InChI is InChI=1S/C16H17BrFN/c1-11-6-8-12(9-7-11)15(19-2)10-13-4-3-5-14(18)16(13)17/h3-9,15,19H,10H2,1-2H3. The maximum atomic E-state index is 13.5. The van der Waals surface area contributed by atoms with Crippen LogP contribution in [0.25, 0.3) is 0 Å². The van der Waals surface area contributed by atoms with E-state index in [1.807, 2.05) is 13.1 Å². The first kappa shape index (κ1) is 14.2. The van der Waals surface area contributed by atoms with E-state index in [1.54, 1.807) is 6.07 Å². The molecule has 0 spiro atoms. The van der Waals surface area contributed by atoms with Crippen molar-refractivity contribution in [3.05, 3.63) is 69.4 Å². The molecule has 2 aromatic rings. The van der Waals surface area contributed by atoms with E-state index in [-0.39, 0.29) is 11.9 Å². The molecule has 2 aromatic carbocycles. The summed E-state index contributed by atoms with van der Waals surface area (Å²) in [6.07, 6.45) is 0.748. The summed E-state index contributed by atoms with van der Waals surface area (Å²) in [5.41, 5.74) is 3.43. The average Bonchev–Trinajstić information content (AvgIpc) is 2.42. The summed E-state index contributed by atoms with van der Waals surface area (Å²) in [6, 6.07) is 13.8. The van der Waals surface area contributed by atoms with Crippen molar-refractivity contribution in [1.82, 2.24) is 5.32 Å². The summed E-state index contributed by atoms with van der Waals surface area (Å²) in [5, 5.41) is 3.29. The Hall–Kier alpha value is -1.19. The van der Waals surface area contributed by atoms with Gasteiger partial charge in [0.1, 0.15) is 5.82 Å². The number of benzene rings is 2. The fraction of sp³-hybridized carbons (Fsp3) is 0.250. The Balaban J connectivity index is 2.24. The van der Waals surface area contributed by atoms with Gasteiger partial charge in [-0.25, -0.2) is 4.39 Å². The van der Waals surface area contributed by atoms with Crippen LogP contribution in [0.4, 0.5) is 4.39 Å². The highest BCUT2D eigenvalue weighted by molar-refractivity contribution is 9.10. The Morgan fingerprint density at radius 3 is 2.47 bits per heavy atom. The fourth-order valence-corrected chi connectivity index (χ4v) is 2.54. The zero-order valence-electron chi connectivity index (χ0n) is 11.1. The van der Waals surface area contributed by atoms with E-state index in [0.717, 1.165) is 12.0 Å². The molecule has 0 fully saturated rings. The Morgan fingerprint density at radius 2 is 1.84 bits per heavy atom. The normalized spacial score (nSPS) is 12.4. The highest BCUT2D eigenvalue weighted by Crippen LogP contribution is 2.26. The second-order valence-electron chi connectivity index (χ2n) is 4.67. The Morgan fingerprint density at radius 1 is 1.16 bits per heavy atom. The van der Waals surface area contributed by atoms with Crippen molar-refractivity contribution < 1.29 is 4.39 Å². The summed E-state index contributed by atoms with van der Waals surface area (Å²) in [4.78, 5) is 0. The molecule has 0 saturated heterocycles. The predicted octanol–water partition coefficient (Wildman–Crippen LogP) is 4.40. The number of halogens is 2. The van der Waals surface area contributed by atoms with Gasteiger partial charge in [-0.2, -0.15) is 0 Å². The second-order valence-corrected chi connectivity index (χ2v) is 5.46. The van der Waals surface area contributed by atoms with E-state index in [1.165, 1.54) is 17.2 Å². The van der Waals surface area contributed by atoms with Gasteiger partial charge in [0.15, 0.2) is 0 Å². The number of nitrogens with one attached hydrogen (secondary N) is 1. The summed E-state index contributed by atoms with van der Waals surface area (Å²) in [5.74, 6) is -0.212. The van der Waals surface area contributed by atoms with Crippen molar-refractivity contribution in [1.29, 1.82) is 0 Å². The molecular formula is C16H17BrFN. The first-order chi connectivity index (χ1) is 9.11. The van der Waals surface area contributed by atoms with Crippen LogP contribution in [-0.2, 0) is 6.42 Å². The topological polar surface area (TPSA) is 12.0 Å². The lowest BCUT2D eigenvalue weighted by Gasteiger charge is -2.18. The molecule has 19 heavy (non-hydrogen) atoms. The Labute approximate surface area is 122 Å². The minimum Gasteiger partial charge on any atom is -0.313 e. The van der Waals surface area contributed by atoms with Crippen LogP contribution in [0, 0.1) is 12.7 Å². The fourth-order valence-electron chi connectivity index (χ4n) is 2.11. The molecule has 0 heterocycles.